The summed E-state index contributed by atoms with van der Waals surface area (Å²) in [7, 11) is 1.51. The molecule has 1 aromatic carbocycles. The monoisotopic (exact) mass is 660 g/mol. The van der Waals surface area contributed by atoms with Gasteiger partial charge in [-0.2, -0.15) is 0 Å². The van der Waals surface area contributed by atoms with E-state index in [2.05, 4.69) is 0 Å². The number of ether oxygens (including phenoxy) is 5. The lowest BCUT2D eigenvalue weighted by Gasteiger charge is -2.47. The molecule has 0 spiro atoms. The van der Waals surface area contributed by atoms with Gasteiger partial charge in [0.1, 0.15) is 11.7 Å². The molecule has 0 saturated carbocycles. The standard InChI is InChI=1S/C37H56O10/c1-11-26-20-36(8,42)28(12-2)45-33(40)25(7)30(39)24(6)32(37(9,43-10)19-22(4)29(26)38)47-35-31(21(3)18-23(5)44-35)46-34(41)27-16-14-13-15-17-27/h13-17,20-25,28,30-32,35,39,42H,11-12,18-19H2,1-10H3/b26-20+/t21-,22+,23+,24-,25+,28+,30-,31+,32+,35-,36-,37-/m0/s1. The third kappa shape index (κ3) is 9.09. The zero-order chi connectivity index (χ0) is 35.3. The van der Waals surface area contributed by atoms with E-state index in [0.717, 1.165) is 0 Å². The number of Topliss-reactive ketones (excluding diaryl/α,β-unsaturated/α-hetero) is 1. The smallest absolute Gasteiger partial charge is 0.338 e. The van der Waals surface area contributed by atoms with E-state index < -0.39 is 71.6 Å². The molecule has 1 saturated heterocycles. The average Bonchev–Trinajstić information content (AvgIpc) is 3.04. The average molecular weight is 661 g/mol. The van der Waals surface area contributed by atoms with Gasteiger partial charge in [0, 0.05) is 24.9 Å². The lowest BCUT2D eigenvalue weighted by Crippen LogP contribution is -2.57. The maximum atomic E-state index is 13.9. The van der Waals surface area contributed by atoms with Crippen molar-refractivity contribution in [3.63, 3.8) is 0 Å². The van der Waals surface area contributed by atoms with Crippen LogP contribution in [0, 0.1) is 23.7 Å². The Morgan fingerprint density at radius 3 is 2.26 bits per heavy atom. The Kier molecular flexibility index (Phi) is 13.4. The molecule has 47 heavy (non-hydrogen) atoms. The summed E-state index contributed by atoms with van der Waals surface area (Å²) in [4.78, 5) is 40.5. The molecule has 264 valence electrons. The molecular weight excluding hydrogens is 604 g/mol. The highest BCUT2D eigenvalue weighted by molar-refractivity contribution is 5.97. The molecule has 3 rings (SSSR count). The van der Waals surface area contributed by atoms with Crippen LogP contribution in [0.5, 0.6) is 0 Å². The Bertz CT molecular complexity index is 1240. The Hall–Kier alpha value is -2.63. The van der Waals surface area contributed by atoms with Crippen LogP contribution in [0.3, 0.4) is 0 Å². The molecule has 0 radical (unpaired) electrons. The predicted molar refractivity (Wildman–Crippen MR) is 176 cm³/mol. The van der Waals surface area contributed by atoms with Crippen LogP contribution in [-0.2, 0) is 33.3 Å². The van der Waals surface area contributed by atoms with E-state index in [1.165, 1.54) is 20.1 Å². The molecule has 2 aliphatic rings. The normalized spacial score (nSPS) is 40.5. The first-order chi connectivity index (χ1) is 22.0. The fourth-order valence-corrected chi connectivity index (χ4v) is 7.07. The molecule has 0 bridgehead atoms. The molecule has 10 heteroatoms. The topological polar surface area (TPSA) is 138 Å². The summed E-state index contributed by atoms with van der Waals surface area (Å²) in [6.45, 7) is 16.0. The lowest BCUT2D eigenvalue weighted by molar-refractivity contribution is -0.300. The summed E-state index contributed by atoms with van der Waals surface area (Å²) in [5, 5.41) is 23.1. The lowest BCUT2D eigenvalue weighted by atomic mass is 9.76. The zero-order valence-electron chi connectivity index (χ0n) is 29.7. The van der Waals surface area contributed by atoms with Gasteiger partial charge in [0.2, 0.25) is 0 Å². The van der Waals surface area contributed by atoms with E-state index in [0.29, 0.717) is 30.4 Å². The van der Waals surface area contributed by atoms with Gasteiger partial charge in [-0.05, 0) is 77.2 Å². The number of ketones is 1. The van der Waals surface area contributed by atoms with Crippen LogP contribution in [0.15, 0.2) is 42.0 Å². The number of cyclic esters (lactones) is 1. The minimum atomic E-state index is -1.61. The number of allylic oxidation sites excluding steroid dienone is 1. The van der Waals surface area contributed by atoms with Crippen molar-refractivity contribution in [1.82, 2.24) is 0 Å². The Morgan fingerprint density at radius 1 is 1.04 bits per heavy atom. The van der Waals surface area contributed by atoms with E-state index >= 15 is 0 Å². The van der Waals surface area contributed by atoms with Crippen LogP contribution in [0.4, 0.5) is 0 Å². The first-order valence-electron chi connectivity index (χ1n) is 17.0. The highest BCUT2D eigenvalue weighted by Gasteiger charge is 2.50. The van der Waals surface area contributed by atoms with Crippen molar-refractivity contribution in [2.45, 2.75) is 136 Å². The summed E-state index contributed by atoms with van der Waals surface area (Å²) >= 11 is 0. The quantitative estimate of drug-likeness (QED) is 0.365. The number of carbonyl (C=O) groups is 3. The van der Waals surface area contributed by atoms with Crippen LogP contribution < -0.4 is 0 Å². The molecule has 1 aromatic rings. The van der Waals surface area contributed by atoms with E-state index in [9.17, 15) is 24.6 Å². The number of carbonyl (C=O) groups excluding carboxylic acids is 3. The molecule has 10 nitrogen and oxygen atoms in total. The number of rotatable bonds is 7. The van der Waals surface area contributed by atoms with Gasteiger partial charge in [-0.1, -0.05) is 52.8 Å². The number of benzene rings is 1. The van der Waals surface area contributed by atoms with Crippen LogP contribution >= 0.6 is 0 Å². The van der Waals surface area contributed by atoms with Crippen molar-refractivity contribution < 1.29 is 48.3 Å². The van der Waals surface area contributed by atoms with E-state index in [-0.39, 0.29) is 24.2 Å². The molecule has 1 fully saturated rings. The molecule has 0 amide bonds. The maximum absolute atomic E-state index is 13.9. The highest BCUT2D eigenvalue weighted by atomic mass is 16.7. The van der Waals surface area contributed by atoms with Gasteiger partial charge in [0.15, 0.2) is 18.2 Å². The molecule has 2 N–H and O–H groups in total. The van der Waals surface area contributed by atoms with Gasteiger partial charge in [-0.15, -0.1) is 0 Å². The van der Waals surface area contributed by atoms with E-state index in [4.69, 9.17) is 23.7 Å². The minimum Gasteiger partial charge on any atom is -0.459 e. The molecular formula is C37H56O10. The summed E-state index contributed by atoms with van der Waals surface area (Å²) in [6.07, 6.45) is -2.24. The number of esters is 2. The SMILES string of the molecule is CC/C1=C\[C@](C)(O)[C@@H](CC)OC(=O)[C@H](C)[C@@H](O)[C@H](C)[C@@H](O[C@@H]2O[C@H](C)C[C@H](C)[C@H]2OC(=O)c2ccccc2)[C@@](C)(OC)C[C@@H](C)C1=O. The van der Waals surface area contributed by atoms with Gasteiger partial charge in [-0.25, -0.2) is 4.79 Å². The molecule has 0 aromatic heterocycles. The van der Waals surface area contributed by atoms with Crippen LogP contribution in [0.2, 0.25) is 0 Å². The largest absolute Gasteiger partial charge is 0.459 e. The number of hydrogen-bond donors (Lipinski definition) is 2. The summed E-state index contributed by atoms with van der Waals surface area (Å²) in [5.41, 5.74) is -1.99. The second-order valence-corrected chi connectivity index (χ2v) is 14.0. The molecule has 12 atom stereocenters. The third-order valence-electron chi connectivity index (χ3n) is 10.0. The Labute approximate surface area is 280 Å². The first kappa shape index (κ1) is 38.8. The minimum absolute atomic E-state index is 0.130. The highest BCUT2D eigenvalue weighted by Crippen LogP contribution is 2.39. The molecule has 0 aliphatic carbocycles. The van der Waals surface area contributed by atoms with Gasteiger partial charge in [0.05, 0.1) is 35.4 Å². The van der Waals surface area contributed by atoms with Gasteiger partial charge < -0.3 is 33.9 Å². The molecule has 2 heterocycles. The summed E-state index contributed by atoms with van der Waals surface area (Å²) in [5.74, 6) is -3.85. The maximum Gasteiger partial charge on any atom is 0.338 e. The van der Waals surface area contributed by atoms with Crippen molar-refractivity contribution in [2.75, 3.05) is 7.11 Å². The number of methoxy groups -OCH3 is 1. The van der Waals surface area contributed by atoms with Gasteiger partial charge in [-0.3, -0.25) is 9.59 Å². The van der Waals surface area contributed by atoms with Gasteiger partial charge in [0.25, 0.3) is 0 Å². The fraction of sp³-hybridized carbons (Fsp3) is 0.703. The van der Waals surface area contributed by atoms with E-state index in [1.54, 1.807) is 58.9 Å². The van der Waals surface area contributed by atoms with E-state index in [1.807, 2.05) is 26.8 Å². The summed E-state index contributed by atoms with van der Waals surface area (Å²) in [6, 6.07) is 8.68. The predicted octanol–water partition coefficient (Wildman–Crippen LogP) is 5.42. The van der Waals surface area contributed by atoms with Crippen molar-refractivity contribution in [1.29, 1.82) is 0 Å². The second kappa shape index (κ2) is 16.2. The molecule has 0 unspecified atom stereocenters. The van der Waals surface area contributed by atoms with Crippen LogP contribution in [0.1, 0.15) is 98.4 Å². The van der Waals surface area contributed by atoms with Crippen molar-refractivity contribution in [3.8, 4) is 0 Å². The number of aliphatic hydroxyl groups excluding tert-OH is 1. The molecule has 2 aliphatic heterocycles. The number of hydrogen-bond acceptors (Lipinski definition) is 10. The van der Waals surface area contributed by atoms with Crippen LogP contribution in [0.25, 0.3) is 0 Å². The van der Waals surface area contributed by atoms with Crippen molar-refractivity contribution in [3.05, 3.63) is 47.5 Å². The first-order valence-corrected chi connectivity index (χ1v) is 17.0. The fourth-order valence-electron chi connectivity index (χ4n) is 7.07. The number of aliphatic hydroxyl groups is 2. The Balaban J connectivity index is 2.09. The third-order valence-corrected chi connectivity index (χ3v) is 10.0. The van der Waals surface area contributed by atoms with Crippen LogP contribution in [-0.4, -0.2) is 83.1 Å². The zero-order valence-corrected chi connectivity index (χ0v) is 29.7. The van der Waals surface area contributed by atoms with Crippen molar-refractivity contribution in [2.24, 2.45) is 23.7 Å². The summed E-state index contributed by atoms with van der Waals surface area (Å²) < 4.78 is 31.0. The Morgan fingerprint density at radius 2 is 1.68 bits per heavy atom. The second-order valence-electron chi connectivity index (χ2n) is 14.0. The van der Waals surface area contributed by atoms with Gasteiger partial charge >= 0.3 is 11.9 Å². The van der Waals surface area contributed by atoms with Crippen molar-refractivity contribution >= 4 is 17.7 Å².